The zero-order valence-corrected chi connectivity index (χ0v) is 18.3. The number of hydrogen-bond acceptors (Lipinski definition) is 2. The largest absolute Gasteiger partial charge is 0.339 e. The number of ether oxygens (including phenoxy) is 1. The summed E-state index contributed by atoms with van der Waals surface area (Å²) < 4.78 is 6.93. The van der Waals surface area contributed by atoms with Gasteiger partial charge < -0.3 is 4.74 Å². The van der Waals surface area contributed by atoms with E-state index in [2.05, 4.69) is 74.5 Å². The fourth-order valence-electron chi connectivity index (χ4n) is 4.36. The minimum Gasteiger partial charge on any atom is -0.339 e. The molecule has 1 unspecified atom stereocenters. The molecule has 4 rings (SSSR count). The minimum absolute atomic E-state index is 0.128. The Labute approximate surface area is 184 Å². The molecule has 0 amide bonds. The maximum Gasteiger partial charge on any atom is 0.202 e. The first-order chi connectivity index (χ1) is 14.7. The van der Waals surface area contributed by atoms with E-state index in [9.17, 15) is 0 Å². The molecular formula is C27H28ClNO. The quantitative estimate of drug-likeness (QED) is 0.390. The van der Waals surface area contributed by atoms with Crippen molar-refractivity contribution in [3.63, 3.8) is 0 Å². The highest BCUT2D eigenvalue weighted by atomic mass is 35.5. The summed E-state index contributed by atoms with van der Waals surface area (Å²) in [6, 6.07) is 31.2. The van der Waals surface area contributed by atoms with E-state index in [1.165, 1.54) is 0 Å². The van der Waals surface area contributed by atoms with Crippen LogP contribution in [0.3, 0.4) is 0 Å². The van der Waals surface area contributed by atoms with Crippen molar-refractivity contribution in [1.29, 1.82) is 0 Å². The molecule has 0 N–H and O–H groups in total. The smallest absolute Gasteiger partial charge is 0.202 e. The van der Waals surface area contributed by atoms with Gasteiger partial charge in [-0.2, -0.15) is 0 Å². The van der Waals surface area contributed by atoms with Crippen molar-refractivity contribution in [2.75, 3.05) is 0 Å². The second-order valence-corrected chi connectivity index (χ2v) is 8.29. The maximum atomic E-state index is 7.00. The van der Waals surface area contributed by atoms with Crippen molar-refractivity contribution in [3.05, 3.63) is 108 Å². The van der Waals surface area contributed by atoms with Gasteiger partial charge in [-0.15, -0.1) is 11.6 Å². The van der Waals surface area contributed by atoms with Crippen LogP contribution >= 0.6 is 11.6 Å². The molecule has 4 atom stereocenters. The van der Waals surface area contributed by atoms with Crippen LogP contribution in [0, 0.1) is 5.92 Å². The third-order valence-electron chi connectivity index (χ3n) is 5.92. The van der Waals surface area contributed by atoms with E-state index in [1.54, 1.807) is 0 Å². The summed E-state index contributed by atoms with van der Waals surface area (Å²) in [5, 5.41) is -0.289. The van der Waals surface area contributed by atoms with E-state index in [0.29, 0.717) is 0 Å². The molecule has 30 heavy (non-hydrogen) atoms. The topological polar surface area (TPSA) is 21.6 Å². The highest BCUT2D eigenvalue weighted by molar-refractivity contribution is 6.21. The number of rotatable bonds is 6. The van der Waals surface area contributed by atoms with Crippen LogP contribution in [0.25, 0.3) is 0 Å². The van der Waals surface area contributed by atoms with Crippen LogP contribution in [0.5, 0.6) is 0 Å². The van der Waals surface area contributed by atoms with Gasteiger partial charge in [-0.25, -0.2) is 4.99 Å². The van der Waals surface area contributed by atoms with E-state index in [-0.39, 0.29) is 17.4 Å². The highest BCUT2D eigenvalue weighted by Gasteiger charge is 2.48. The van der Waals surface area contributed by atoms with E-state index < -0.39 is 5.72 Å². The number of nitrogens with zero attached hydrogens (tertiary/aromatic N) is 1. The second-order valence-electron chi connectivity index (χ2n) is 7.77. The van der Waals surface area contributed by atoms with E-state index in [0.717, 1.165) is 35.2 Å². The maximum absolute atomic E-state index is 7.00. The molecule has 0 aromatic heterocycles. The summed E-state index contributed by atoms with van der Waals surface area (Å²) in [6.07, 6.45) is 1.55. The van der Waals surface area contributed by atoms with Crippen LogP contribution in [-0.2, 0) is 10.5 Å². The number of aliphatic imine (C=N–C) groups is 1. The Bertz CT molecular complexity index is 974. The number of halogens is 1. The first kappa shape index (κ1) is 20.8. The summed E-state index contributed by atoms with van der Waals surface area (Å²) in [5.41, 5.74) is 3.42. The van der Waals surface area contributed by atoms with Crippen molar-refractivity contribution in [1.82, 2.24) is 0 Å². The lowest BCUT2D eigenvalue weighted by Crippen LogP contribution is -2.46. The summed E-state index contributed by atoms with van der Waals surface area (Å²) in [4.78, 5) is 5.32. The third-order valence-corrected chi connectivity index (χ3v) is 6.52. The van der Waals surface area contributed by atoms with Crippen LogP contribution < -0.4 is 0 Å². The van der Waals surface area contributed by atoms with Crippen LogP contribution in [0.4, 0.5) is 0 Å². The third kappa shape index (κ3) is 3.82. The Kier molecular flexibility index (Phi) is 6.36. The Hall–Kier alpha value is -2.42. The molecule has 1 heterocycles. The van der Waals surface area contributed by atoms with Crippen molar-refractivity contribution in [2.24, 2.45) is 10.9 Å². The molecule has 1 aliphatic rings. The molecule has 154 valence electrons. The zero-order valence-electron chi connectivity index (χ0n) is 17.5. The first-order valence-electron chi connectivity index (χ1n) is 10.8. The fraction of sp³-hybridized carbons (Fsp3) is 0.296. The highest BCUT2D eigenvalue weighted by Crippen LogP contribution is 2.48. The summed E-state index contributed by atoms with van der Waals surface area (Å²) >= 11 is 7.00. The molecule has 0 bridgehead atoms. The zero-order chi connectivity index (χ0) is 21.0. The van der Waals surface area contributed by atoms with Gasteiger partial charge in [-0.1, -0.05) is 105 Å². The lowest BCUT2D eigenvalue weighted by Gasteiger charge is -2.45. The summed E-state index contributed by atoms with van der Waals surface area (Å²) in [7, 11) is 0. The van der Waals surface area contributed by atoms with Gasteiger partial charge in [-0.3, -0.25) is 0 Å². The van der Waals surface area contributed by atoms with Crippen LogP contribution in [0.2, 0.25) is 0 Å². The molecule has 0 saturated heterocycles. The van der Waals surface area contributed by atoms with Crippen LogP contribution in [0.1, 0.15) is 49.5 Å². The van der Waals surface area contributed by atoms with Gasteiger partial charge in [0.1, 0.15) is 0 Å². The molecule has 0 aliphatic carbocycles. The Morgan fingerprint density at radius 3 is 2.00 bits per heavy atom. The van der Waals surface area contributed by atoms with Gasteiger partial charge in [0.05, 0.1) is 17.2 Å². The average Bonchev–Trinajstić information content (AvgIpc) is 2.84. The molecule has 2 nitrogen and oxygen atoms in total. The number of hydrogen-bond donors (Lipinski definition) is 0. The normalized spacial score (nSPS) is 24.8. The lowest BCUT2D eigenvalue weighted by molar-refractivity contribution is -0.123. The summed E-state index contributed by atoms with van der Waals surface area (Å²) in [5.74, 6) is 0.146. The Morgan fingerprint density at radius 1 is 0.867 bits per heavy atom. The molecule has 0 fully saturated rings. The van der Waals surface area contributed by atoms with E-state index in [1.807, 2.05) is 30.3 Å². The Balaban J connectivity index is 1.97. The Morgan fingerprint density at radius 2 is 1.43 bits per heavy atom. The van der Waals surface area contributed by atoms with E-state index in [4.69, 9.17) is 21.3 Å². The monoisotopic (exact) mass is 417 g/mol. The lowest BCUT2D eigenvalue weighted by atomic mass is 9.82. The first-order valence-corrected chi connectivity index (χ1v) is 11.2. The van der Waals surface area contributed by atoms with Gasteiger partial charge in [-0.05, 0) is 24.0 Å². The van der Waals surface area contributed by atoms with Crippen molar-refractivity contribution < 1.29 is 4.74 Å². The van der Waals surface area contributed by atoms with Gasteiger partial charge >= 0.3 is 0 Å². The fourth-order valence-corrected chi connectivity index (χ4v) is 4.58. The second kappa shape index (κ2) is 9.16. The van der Waals surface area contributed by atoms with Gasteiger partial charge in [0, 0.05) is 11.5 Å². The van der Waals surface area contributed by atoms with Crippen LogP contribution in [-0.4, -0.2) is 11.1 Å². The van der Waals surface area contributed by atoms with Crippen LogP contribution in [0.15, 0.2) is 96.0 Å². The molecule has 0 radical (unpaired) electrons. The minimum atomic E-state index is -0.936. The molecule has 3 heteroatoms. The number of benzene rings is 3. The van der Waals surface area contributed by atoms with Gasteiger partial charge in [0.2, 0.25) is 5.72 Å². The van der Waals surface area contributed by atoms with Gasteiger partial charge in [0.25, 0.3) is 0 Å². The van der Waals surface area contributed by atoms with Crippen molar-refractivity contribution >= 4 is 17.3 Å². The molecule has 3 aromatic carbocycles. The standard InChI is InChI=1S/C27H28ClNO/c1-3-23-25(20-14-8-5-9-15-20)29-27(24(28)4-2,22-18-12-7-13-19-22)30-26(23)21-16-10-6-11-17-21/h5-19,23-24,26H,3-4H2,1-2H3/t23-,24?,26-,27+/m0/s1. The predicted molar refractivity (Wildman–Crippen MR) is 125 cm³/mol. The molecule has 1 aliphatic heterocycles. The van der Waals surface area contributed by atoms with Crippen molar-refractivity contribution in [3.8, 4) is 0 Å². The predicted octanol–water partition coefficient (Wildman–Crippen LogP) is 7.14. The number of alkyl halides is 1. The summed E-state index contributed by atoms with van der Waals surface area (Å²) in [6.45, 7) is 4.29. The molecule has 0 spiro atoms. The molecule has 0 saturated carbocycles. The van der Waals surface area contributed by atoms with Crippen molar-refractivity contribution in [2.45, 2.75) is 43.9 Å². The molecular weight excluding hydrogens is 390 g/mol. The average molecular weight is 418 g/mol. The molecule has 3 aromatic rings. The van der Waals surface area contributed by atoms with Gasteiger partial charge in [0.15, 0.2) is 0 Å². The SMILES string of the molecule is CCC(Cl)[C@]1(c2ccccc2)N=C(c2ccccc2)[C@H](CC)[C@H](c2ccccc2)O1. The van der Waals surface area contributed by atoms with E-state index >= 15 is 0 Å².